The summed E-state index contributed by atoms with van der Waals surface area (Å²) < 4.78 is 25.1. The average Bonchev–Trinajstić information content (AvgIpc) is 1.84. The second-order valence-electron chi connectivity index (χ2n) is 24.1. The number of likely N-dealkylation sites (tertiary alicyclic amines) is 1. The SMILES string of the molecule is CCN(C(=O)Cn1c(C(=O)NC2CCC(C(=O)NCCCCCCCC(=O)NCCOCCOCCOCCOCCC(=O)N[C@@H](C(=O)N3C[C@@H](O)[C@H](C(=O)NCc4ccc(-c5scnc5C)cc4)C3)C(C)(C)C)CC2)cc2sccc21)c1cccc(C)c1. The van der Waals surface area contributed by atoms with Crippen molar-refractivity contribution in [2.24, 2.45) is 17.3 Å². The van der Waals surface area contributed by atoms with Crippen LogP contribution >= 0.6 is 22.7 Å². The number of likely N-dealkylation sites (N-methyl/N-ethyl adjacent to an activating group) is 1. The van der Waals surface area contributed by atoms with E-state index in [0.717, 1.165) is 75.3 Å². The maximum Gasteiger partial charge on any atom is 0.268 e. The van der Waals surface area contributed by atoms with E-state index in [1.54, 1.807) is 27.6 Å². The van der Waals surface area contributed by atoms with Gasteiger partial charge in [-0.3, -0.25) is 33.6 Å². The van der Waals surface area contributed by atoms with Crippen LogP contribution in [0.4, 0.5) is 5.69 Å². The van der Waals surface area contributed by atoms with Gasteiger partial charge in [0.2, 0.25) is 35.4 Å². The van der Waals surface area contributed by atoms with Gasteiger partial charge in [-0.25, -0.2) is 4.98 Å². The zero-order chi connectivity index (χ0) is 63.7. The van der Waals surface area contributed by atoms with E-state index in [0.29, 0.717) is 97.1 Å². The number of fused-ring (bicyclic) bond motifs is 1. The van der Waals surface area contributed by atoms with Crippen LogP contribution in [0.2, 0.25) is 0 Å². The molecule has 3 aromatic heterocycles. The third-order valence-corrected chi connectivity index (χ3v) is 18.1. The number of nitrogens with one attached hydrogen (secondary N) is 5. The lowest BCUT2D eigenvalue weighted by molar-refractivity contribution is -0.139. The van der Waals surface area contributed by atoms with Crippen LogP contribution in [-0.2, 0) is 60.8 Å². The number of anilines is 1. The lowest BCUT2D eigenvalue weighted by atomic mass is 9.85. The highest BCUT2D eigenvalue weighted by Gasteiger charge is 2.43. The molecule has 23 heteroatoms. The van der Waals surface area contributed by atoms with Gasteiger partial charge in [0, 0.05) is 69.8 Å². The molecule has 0 bridgehead atoms. The molecule has 89 heavy (non-hydrogen) atoms. The number of β-amino-alcohol motifs (C(OH)–C–C–N with tert-alkyl or cyclic N) is 1. The molecular formula is C66H93N9O12S2. The maximum atomic E-state index is 13.7. The number of thiophene rings is 1. The van der Waals surface area contributed by atoms with Crippen molar-refractivity contribution in [1.29, 1.82) is 0 Å². The van der Waals surface area contributed by atoms with E-state index in [-0.39, 0.29) is 99.1 Å². The van der Waals surface area contributed by atoms with Crippen LogP contribution in [0.3, 0.4) is 0 Å². The van der Waals surface area contributed by atoms with E-state index >= 15 is 0 Å². The highest BCUT2D eigenvalue weighted by molar-refractivity contribution is 7.17. The molecule has 486 valence electrons. The van der Waals surface area contributed by atoms with E-state index < -0.39 is 23.5 Å². The highest BCUT2D eigenvalue weighted by atomic mass is 32.1. The number of rotatable bonds is 36. The highest BCUT2D eigenvalue weighted by Crippen LogP contribution is 2.31. The van der Waals surface area contributed by atoms with Gasteiger partial charge in [-0.2, -0.15) is 0 Å². The van der Waals surface area contributed by atoms with Gasteiger partial charge >= 0.3 is 0 Å². The molecular weight excluding hydrogens is 1170 g/mol. The number of hydrogen-bond donors (Lipinski definition) is 6. The summed E-state index contributed by atoms with van der Waals surface area (Å²) in [5.74, 6) is -2.17. The quantitative estimate of drug-likeness (QED) is 0.0213. The number of benzene rings is 2. The molecule has 7 rings (SSSR count). The van der Waals surface area contributed by atoms with E-state index in [1.165, 1.54) is 4.90 Å². The Morgan fingerprint density at radius 2 is 1.42 bits per heavy atom. The molecule has 0 radical (unpaired) electrons. The third kappa shape index (κ3) is 21.8. The molecule has 2 fully saturated rings. The van der Waals surface area contributed by atoms with Crippen molar-refractivity contribution in [3.8, 4) is 10.4 Å². The minimum Gasteiger partial charge on any atom is -0.390 e. The molecule has 3 atom stereocenters. The molecule has 5 aromatic rings. The summed E-state index contributed by atoms with van der Waals surface area (Å²) in [7, 11) is 0. The number of unbranched alkanes of at least 4 members (excludes halogenated alkanes) is 4. The molecule has 1 aliphatic carbocycles. The first-order chi connectivity index (χ1) is 42.9. The fraction of sp³-hybridized carbons (Fsp3) is 0.576. The van der Waals surface area contributed by atoms with Crippen molar-refractivity contribution < 1.29 is 57.6 Å². The number of hydrogen-bond acceptors (Lipinski definition) is 15. The Bertz CT molecular complexity index is 3080. The van der Waals surface area contributed by atoms with Gasteiger partial charge in [-0.1, -0.05) is 76.4 Å². The summed E-state index contributed by atoms with van der Waals surface area (Å²) in [4.78, 5) is 101. The minimum atomic E-state index is -1.04. The number of aromatic nitrogens is 2. The second kappa shape index (κ2) is 35.7. The largest absolute Gasteiger partial charge is 0.390 e. The summed E-state index contributed by atoms with van der Waals surface area (Å²) in [5.41, 5.74) is 7.34. The van der Waals surface area contributed by atoms with Crippen LogP contribution in [-0.4, -0.2) is 165 Å². The number of aliphatic hydroxyl groups excluding tert-OH is 1. The van der Waals surface area contributed by atoms with Gasteiger partial charge in [0.1, 0.15) is 18.3 Å². The van der Waals surface area contributed by atoms with Crippen molar-refractivity contribution in [2.45, 2.75) is 143 Å². The molecule has 0 spiro atoms. The van der Waals surface area contributed by atoms with E-state index in [9.17, 15) is 38.7 Å². The van der Waals surface area contributed by atoms with Gasteiger partial charge < -0.3 is 65.0 Å². The Morgan fingerprint density at radius 1 is 0.730 bits per heavy atom. The van der Waals surface area contributed by atoms with Crippen LogP contribution in [0.5, 0.6) is 0 Å². The summed E-state index contributed by atoms with van der Waals surface area (Å²) in [5, 5.41) is 27.8. The third-order valence-electron chi connectivity index (χ3n) is 16.2. The Hall–Kier alpha value is -6.60. The van der Waals surface area contributed by atoms with Crippen LogP contribution in [0, 0.1) is 31.1 Å². The zero-order valence-electron chi connectivity index (χ0n) is 52.7. The van der Waals surface area contributed by atoms with E-state index in [1.807, 2.05) is 118 Å². The van der Waals surface area contributed by atoms with Crippen molar-refractivity contribution in [2.75, 3.05) is 90.5 Å². The number of amides is 7. The Labute approximate surface area is 531 Å². The zero-order valence-corrected chi connectivity index (χ0v) is 54.4. The molecule has 2 aliphatic rings. The van der Waals surface area contributed by atoms with Crippen molar-refractivity contribution in [1.82, 2.24) is 41.0 Å². The topological polar surface area (TPSA) is 261 Å². The predicted octanol–water partition coefficient (Wildman–Crippen LogP) is 7.48. The van der Waals surface area contributed by atoms with Gasteiger partial charge in [-0.05, 0) is 111 Å². The first kappa shape index (κ1) is 69.9. The molecule has 1 aliphatic heterocycles. The Morgan fingerprint density at radius 3 is 2.09 bits per heavy atom. The number of ether oxygens (including phenoxy) is 4. The lowest BCUT2D eigenvalue weighted by Gasteiger charge is -2.33. The van der Waals surface area contributed by atoms with Gasteiger partial charge in [0.25, 0.3) is 5.91 Å². The summed E-state index contributed by atoms with van der Waals surface area (Å²) in [6.45, 7) is 15.9. The molecule has 2 aromatic carbocycles. The van der Waals surface area contributed by atoms with Crippen LogP contribution in [0.15, 0.2) is 71.6 Å². The lowest BCUT2D eigenvalue weighted by Crippen LogP contribution is -2.54. The number of carbonyl (C=O) groups is 7. The number of aryl methyl sites for hydroxylation is 2. The maximum absolute atomic E-state index is 13.7. The smallest absolute Gasteiger partial charge is 0.268 e. The fourth-order valence-corrected chi connectivity index (χ4v) is 12.8. The van der Waals surface area contributed by atoms with E-state index in [4.69, 9.17) is 18.9 Å². The Kier molecular flexibility index (Phi) is 28.0. The van der Waals surface area contributed by atoms with Crippen molar-refractivity contribution in [3.05, 3.63) is 94.1 Å². The summed E-state index contributed by atoms with van der Waals surface area (Å²) in [6.07, 6.45) is 6.80. The van der Waals surface area contributed by atoms with E-state index in [2.05, 4.69) is 31.6 Å². The number of carbonyl (C=O) groups excluding carboxylic acids is 7. The minimum absolute atomic E-state index is 0.00780. The second-order valence-corrected chi connectivity index (χ2v) is 25.9. The van der Waals surface area contributed by atoms with Gasteiger partial charge in [0.05, 0.1) is 91.2 Å². The molecule has 4 heterocycles. The fourth-order valence-electron chi connectivity index (χ4n) is 11.2. The first-order valence-corrected chi connectivity index (χ1v) is 33.3. The normalized spacial score (nSPS) is 17.1. The van der Waals surface area contributed by atoms with Gasteiger partial charge in [0.15, 0.2) is 0 Å². The molecule has 21 nitrogen and oxygen atoms in total. The van der Waals surface area contributed by atoms with Crippen LogP contribution in [0.25, 0.3) is 20.7 Å². The van der Waals surface area contributed by atoms with Crippen LogP contribution in [0.1, 0.15) is 126 Å². The van der Waals surface area contributed by atoms with Gasteiger partial charge in [-0.15, -0.1) is 22.7 Å². The molecule has 6 N–H and O–H groups in total. The molecule has 7 amide bonds. The average molecular weight is 1270 g/mol. The number of nitrogens with zero attached hydrogens (tertiary/aromatic N) is 4. The van der Waals surface area contributed by atoms with Crippen molar-refractivity contribution in [3.63, 3.8) is 0 Å². The molecule has 1 saturated heterocycles. The summed E-state index contributed by atoms with van der Waals surface area (Å²) in [6, 6.07) is 18.6. The predicted molar refractivity (Wildman–Crippen MR) is 345 cm³/mol. The number of aliphatic hydroxyl groups is 1. The van der Waals surface area contributed by atoms with Crippen LogP contribution < -0.4 is 31.5 Å². The summed E-state index contributed by atoms with van der Waals surface area (Å²) >= 11 is 3.12. The van der Waals surface area contributed by atoms with Crippen molar-refractivity contribution >= 4 is 79.9 Å². The molecule has 0 unspecified atom stereocenters. The molecule has 1 saturated carbocycles. The Balaban J connectivity index is 0.628. The standard InChI is InChI=1S/C66H93N9O12S2/c1-7-74(51-15-13-14-45(2)38-51)59(79)43-75-53-26-37-88-56(53)39-54(75)64(82)71-50-23-21-49(22-24-50)62(80)68-27-12-10-8-9-11-16-57(77)67-28-30-85-32-34-87-36-35-86-33-31-84-29-25-58(78)72-61(66(4,5)6)65(83)73-41-52(55(76)42-73)63(81)69-40-47-17-19-48(20-18-47)60-46(3)70-44-89-60/h13-15,17-20,26,37-39,44,49-50,52,55,61,76H,7-12,16,21-25,27-36,40-43H2,1-6H3,(H,67,77)(H,68,80)(H,69,81)(H,71,82)(H,72,78)/t49?,50?,52-,55-,61+/m1/s1. The monoisotopic (exact) mass is 1270 g/mol. The number of thiazole rings is 1. The first-order valence-electron chi connectivity index (χ1n) is 31.5.